The number of carbonyl (C=O) groups excluding carboxylic acids is 3. The van der Waals surface area contributed by atoms with Crippen molar-refractivity contribution in [2.75, 3.05) is 6.61 Å². The summed E-state index contributed by atoms with van der Waals surface area (Å²) in [7, 11) is -6.69. The number of sulfone groups is 1. The second kappa shape index (κ2) is 10.9. The first-order valence-electron chi connectivity index (χ1n) is 15.8. The third-order valence-electron chi connectivity index (χ3n) is 11.0. The van der Waals surface area contributed by atoms with E-state index in [0.29, 0.717) is 12.8 Å². The molecule has 9 nitrogen and oxygen atoms in total. The minimum absolute atomic E-state index is 0.0426. The van der Waals surface area contributed by atoms with Crippen LogP contribution in [0.25, 0.3) is 0 Å². The number of nitrogens with zero attached hydrogens (tertiary/aromatic N) is 1. The molecule has 2 amide bonds. The smallest absolute Gasteiger partial charge is 0.416 e. The van der Waals surface area contributed by atoms with Gasteiger partial charge in [0.1, 0.15) is 17.5 Å². The van der Waals surface area contributed by atoms with Gasteiger partial charge >= 0.3 is 6.09 Å². The molecular weight excluding hydrogens is 611 g/mol. The lowest BCUT2D eigenvalue weighted by molar-refractivity contribution is -0.138. The van der Waals surface area contributed by atoms with Crippen LogP contribution in [0.5, 0.6) is 0 Å². The number of rotatable bonds is 8. The summed E-state index contributed by atoms with van der Waals surface area (Å²) in [6.07, 6.45) is -1.06. The molecule has 0 unspecified atom stereocenters. The number of hydrogen-bond acceptors (Lipinski definition) is 8. The SMILES string of the molecule is CC[C@@]12CC(=O)[C@]3(C[C@@H](C(=O)N4C(=O)OC[C@@H]4Cc4ccccc4)[C@H](O[Si](C)(C)C(C)(C)C)[C@@H]3[C@H]1S(=O)(=O)c1ccccc1)O2. The van der Waals surface area contributed by atoms with Crippen molar-refractivity contribution in [3.63, 3.8) is 0 Å². The van der Waals surface area contributed by atoms with Crippen LogP contribution in [0.4, 0.5) is 4.79 Å². The highest BCUT2D eigenvalue weighted by atomic mass is 32.2. The Kier molecular flexibility index (Phi) is 7.74. The fourth-order valence-electron chi connectivity index (χ4n) is 7.76. The number of Topliss-reactive ketones (excluding diaryl/α,β-unsaturated/α-hetero) is 1. The van der Waals surface area contributed by atoms with Gasteiger partial charge in [0.2, 0.25) is 5.91 Å². The Hall–Kier alpha value is -2.86. The molecule has 1 spiro atoms. The van der Waals surface area contributed by atoms with Gasteiger partial charge in [0.05, 0.1) is 28.6 Å². The number of cyclic esters (lactones) is 1. The molecule has 0 N–H and O–H groups in total. The number of ketones is 1. The summed E-state index contributed by atoms with van der Waals surface area (Å²) in [4.78, 5) is 43.1. The summed E-state index contributed by atoms with van der Waals surface area (Å²) in [5, 5.41) is -1.38. The van der Waals surface area contributed by atoms with Gasteiger partial charge in [-0.25, -0.2) is 18.1 Å². The Morgan fingerprint density at radius 3 is 2.27 bits per heavy atom. The fourth-order valence-corrected chi connectivity index (χ4v) is 11.6. The van der Waals surface area contributed by atoms with Crippen molar-refractivity contribution < 1.29 is 36.7 Å². The Morgan fingerprint density at radius 1 is 1.04 bits per heavy atom. The summed E-state index contributed by atoms with van der Waals surface area (Å²) in [6, 6.07) is 17.3. The van der Waals surface area contributed by atoms with Crippen molar-refractivity contribution in [3.8, 4) is 0 Å². The number of benzene rings is 2. The molecule has 1 saturated carbocycles. The van der Waals surface area contributed by atoms with Crippen LogP contribution in [-0.4, -0.2) is 74.6 Å². The average Bonchev–Trinajstić information content (AvgIpc) is 3.68. The molecule has 4 aliphatic rings. The molecule has 0 radical (unpaired) electrons. The van der Waals surface area contributed by atoms with Crippen LogP contribution in [0.3, 0.4) is 0 Å². The monoisotopic (exact) mass is 653 g/mol. The van der Waals surface area contributed by atoms with Crippen LogP contribution in [0.1, 0.15) is 52.5 Å². The predicted molar refractivity (Wildman–Crippen MR) is 170 cm³/mol. The number of ether oxygens (including phenoxy) is 2. The summed E-state index contributed by atoms with van der Waals surface area (Å²) in [6.45, 7) is 12.2. The van der Waals surface area contributed by atoms with Gasteiger partial charge in [-0.2, -0.15) is 0 Å². The number of hydrogen-bond donors (Lipinski definition) is 0. The molecule has 6 rings (SSSR count). The van der Waals surface area contributed by atoms with Crippen molar-refractivity contribution in [3.05, 3.63) is 66.2 Å². The van der Waals surface area contributed by atoms with Crippen molar-refractivity contribution >= 4 is 35.9 Å². The molecule has 11 heteroatoms. The van der Waals surface area contributed by atoms with E-state index in [0.717, 1.165) is 5.56 Å². The number of carbonyl (C=O) groups is 3. The highest BCUT2D eigenvalue weighted by Gasteiger charge is 2.80. The molecule has 3 aliphatic heterocycles. The molecular formula is C34H43NO8SSi. The van der Waals surface area contributed by atoms with Gasteiger partial charge in [-0.1, -0.05) is 76.2 Å². The molecule has 2 bridgehead atoms. The van der Waals surface area contributed by atoms with Crippen LogP contribution in [0.2, 0.25) is 18.1 Å². The standard InChI is InChI=1S/C34H43NO8SSi/c1-7-33-20-26(36)34(43-33)19-25(30(37)35-23(21-41-31(35)38)18-22-14-10-8-11-15-22)28(42-45(5,6)32(2,3)4)27(34)29(33)44(39,40)24-16-12-9-13-17-24/h8-17,23,25,27-29H,7,18-21H2,1-6H3/t23-,25+,27+,28-,29+,33+,34-/m0/s1. The lowest BCUT2D eigenvalue weighted by atomic mass is 9.73. The lowest BCUT2D eigenvalue weighted by Crippen LogP contribution is -2.58. The van der Waals surface area contributed by atoms with E-state index in [9.17, 15) is 22.8 Å². The lowest BCUT2D eigenvalue weighted by Gasteiger charge is -2.44. The number of imide groups is 1. The van der Waals surface area contributed by atoms with Crippen molar-refractivity contribution in [2.24, 2.45) is 11.8 Å². The first-order valence-corrected chi connectivity index (χ1v) is 20.3. The normalized spacial score (nSPS) is 33.0. The number of fused-ring (bicyclic) bond motifs is 1. The average molecular weight is 654 g/mol. The second-order valence-corrected chi connectivity index (χ2v) is 21.4. The summed E-state index contributed by atoms with van der Waals surface area (Å²) in [5.74, 6) is -2.60. The Bertz CT molecular complexity index is 1610. The van der Waals surface area contributed by atoms with Crippen LogP contribution >= 0.6 is 0 Å². The van der Waals surface area contributed by atoms with Gasteiger partial charge in [0.15, 0.2) is 23.9 Å². The van der Waals surface area contributed by atoms with Gasteiger partial charge in [-0.05, 0) is 55.1 Å². The highest BCUT2D eigenvalue weighted by molar-refractivity contribution is 7.92. The van der Waals surface area contributed by atoms with Crippen molar-refractivity contribution in [2.45, 2.75) is 105 Å². The molecule has 1 aliphatic carbocycles. The van der Waals surface area contributed by atoms with Gasteiger partial charge in [-0.3, -0.25) is 9.59 Å². The van der Waals surface area contributed by atoms with Crippen LogP contribution < -0.4 is 0 Å². The zero-order valence-corrected chi connectivity index (χ0v) is 28.6. The van der Waals surface area contributed by atoms with Gasteiger partial charge < -0.3 is 13.9 Å². The summed E-state index contributed by atoms with van der Waals surface area (Å²) in [5.41, 5.74) is -1.79. The number of amides is 2. The molecule has 0 aromatic heterocycles. The molecule has 242 valence electrons. The van der Waals surface area contributed by atoms with Crippen molar-refractivity contribution in [1.82, 2.24) is 4.90 Å². The predicted octanol–water partition coefficient (Wildman–Crippen LogP) is 5.34. The second-order valence-electron chi connectivity index (χ2n) is 14.6. The van der Waals surface area contributed by atoms with E-state index >= 15 is 0 Å². The molecule has 7 atom stereocenters. The van der Waals surface area contributed by atoms with Gasteiger partial charge in [0.25, 0.3) is 0 Å². The first kappa shape index (κ1) is 32.1. The molecule has 4 fully saturated rings. The quantitative estimate of drug-likeness (QED) is 0.351. The third kappa shape index (κ3) is 4.92. The van der Waals surface area contributed by atoms with Crippen LogP contribution in [0.15, 0.2) is 65.6 Å². The van der Waals surface area contributed by atoms with E-state index in [4.69, 9.17) is 13.9 Å². The van der Waals surface area contributed by atoms with E-state index in [1.54, 1.807) is 30.3 Å². The first-order chi connectivity index (χ1) is 21.1. The Morgan fingerprint density at radius 2 is 1.67 bits per heavy atom. The summed E-state index contributed by atoms with van der Waals surface area (Å²) >= 11 is 0. The molecule has 2 aromatic rings. The van der Waals surface area contributed by atoms with E-state index in [2.05, 4.69) is 20.8 Å². The minimum Gasteiger partial charge on any atom is -0.447 e. The van der Waals surface area contributed by atoms with Gasteiger partial charge in [-0.15, -0.1) is 0 Å². The Balaban J connectivity index is 1.46. The molecule has 45 heavy (non-hydrogen) atoms. The maximum Gasteiger partial charge on any atom is 0.416 e. The van der Waals surface area contributed by atoms with Crippen LogP contribution in [0, 0.1) is 11.8 Å². The van der Waals surface area contributed by atoms with E-state index in [1.807, 2.05) is 50.3 Å². The largest absolute Gasteiger partial charge is 0.447 e. The highest BCUT2D eigenvalue weighted by Crippen LogP contribution is 2.65. The Labute approximate surface area is 266 Å². The van der Waals surface area contributed by atoms with E-state index < -0.39 is 70.6 Å². The van der Waals surface area contributed by atoms with Crippen LogP contribution in [-0.2, 0) is 39.7 Å². The fraction of sp³-hybridized carbons (Fsp3) is 0.559. The minimum atomic E-state index is -4.04. The van der Waals surface area contributed by atoms with E-state index in [-0.39, 0.29) is 35.2 Å². The van der Waals surface area contributed by atoms with Gasteiger partial charge in [0, 0.05) is 12.3 Å². The maximum absolute atomic E-state index is 14.6. The topological polar surface area (TPSA) is 116 Å². The maximum atomic E-state index is 14.6. The third-order valence-corrected chi connectivity index (χ3v) is 17.8. The molecule has 3 heterocycles. The zero-order valence-electron chi connectivity index (χ0n) is 26.8. The molecule has 2 aromatic carbocycles. The zero-order chi connectivity index (χ0) is 32.6. The summed E-state index contributed by atoms with van der Waals surface area (Å²) < 4.78 is 48.3. The van der Waals surface area contributed by atoms with E-state index in [1.165, 1.54) is 4.90 Å². The molecule has 3 saturated heterocycles. The van der Waals surface area contributed by atoms with Crippen molar-refractivity contribution in [1.29, 1.82) is 0 Å².